The summed E-state index contributed by atoms with van der Waals surface area (Å²) in [6.45, 7) is 3.95. The predicted octanol–water partition coefficient (Wildman–Crippen LogP) is 2.13. The van der Waals surface area contributed by atoms with Crippen LogP contribution in [0.3, 0.4) is 0 Å². The molecule has 1 unspecified atom stereocenters. The molecule has 0 aliphatic heterocycles. The van der Waals surface area contributed by atoms with Gasteiger partial charge in [0.25, 0.3) is 0 Å². The van der Waals surface area contributed by atoms with Crippen molar-refractivity contribution in [1.29, 1.82) is 0 Å². The van der Waals surface area contributed by atoms with Gasteiger partial charge in [0.2, 0.25) is 0 Å². The summed E-state index contributed by atoms with van der Waals surface area (Å²) in [6.07, 6.45) is 1.89. The zero-order valence-electron chi connectivity index (χ0n) is 8.08. The molecule has 1 aromatic carbocycles. The average Bonchev–Trinajstić information content (AvgIpc) is 2.15. The Labute approximate surface area is 78.8 Å². The van der Waals surface area contributed by atoms with Crippen LogP contribution in [-0.2, 0) is 11.2 Å². The van der Waals surface area contributed by atoms with E-state index in [4.69, 9.17) is 5.73 Å². The van der Waals surface area contributed by atoms with Crippen molar-refractivity contribution in [3.63, 3.8) is 0 Å². The van der Waals surface area contributed by atoms with Crippen LogP contribution in [0.2, 0.25) is 0 Å². The topological polar surface area (TPSA) is 43.1 Å². The summed E-state index contributed by atoms with van der Waals surface area (Å²) in [5.74, 6) is -0.0613. The number of rotatable bonds is 3. The summed E-state index contributed by atoms with van der Waals surface area (Å²) in [4.78, 5) is 10.6. The Balaban J connectivity index is 3.07. The van der Waals surface area contributed by atoms with E-state index in [1.54, 1.807) is 0 Å². The van der Waals surface area contributed by atoms with Crippen molar-refractivity contribution in [1.82, 2.24) is 0 Å². The highest BCUT2D eigenvalue weighted by Gasteiger charge is 2.05. The maximum Gasteiger partial charge on any atom is 0.127 e. The fourth-order valence-electron chi connectivity index (χ4n) is 1.29. The first-order valence-corrected chi connectivity index (χ1v) is 4.52. The van der Waals surface area contributed by atoms with Crippen LogP contribution in [0.4, 0.5) is 5.69 Å². The van der Waals surface area contributed by atoms with Crippen molar-refractivity contribution >= 4 is 12.0 Å². The van der Waals surface area contributed by atoms with Gasteiger partial charge < -0.3 is 10.5 Å². The molecule has 0 saturated carbocycles. The van der Waals surface area contributed by atoms with Crippen LogP contribution in [0.5, 0.6) is 0 Å². The van der Waals surface area contributed by atoms with E-state index < -0.39 is 0 Å². The maximum absolute atomic E-state index is 10.6. The molecular formula is C11H15NO. The minimum atomic E-state index is -0.0613. The van der Waals surface area contributed by atoms with Crippen LogP contribution in [-0.4, -0.2) is 6.29 Å². The summed E-state index contributed by atoms with van der Waals surface area (Å²) >= 11 is 0. The second-order valence-corrected chi connectivity index (χ2v) is 3.29. The molecule has 70 valence electrons. The van der Waals surface area contributed by atoms with Gasteiger partial charge in [0.1, 0.15) is 6.29 Å². The monoisotopic (exact) mass is 177 g/mol. The molecule has 1 rings (SSSR count). The summed E-state index contributed by atoms with van der Waals surface area (Å²) in [5, 5.41) is 0. The Morgan fingerprint density at radius 3 is 2.69 bits per heavy atom. The fourth-order valence-corrected chi connectivity index (χ4v) is 1.29. The van der Waals surface area contributed by atoms with Crippen molar-refractivity contribution in [2.75, 3.05) is 5.73 Å². The number of carbonyl (C=O) groups excluding carboxylic acids is 1. The highest BCUT2D eigenvalue weighted by Crippen LogP contribution is 2.19. The third kappa shape index (κ3) is 2.31. The number of hydrogen-bond acceptors (Lipinski definition) is 2. The zero-order valence-corrected chi connectivity index (χ0v) is 8.08. The van der Waals surface area contributed by atoms with Crippen LogP contribution < -0.4 is 5.73 Å². The smallest absolute Gasteiger partial charge is 0.127 e. The molecule has 0 fully saturated rings. The molecule has 0 spiro atoms. The van der Waals surface area contributed by atoms with E-state index in [-0.39, 0.29) is 5.92 Å². The maximum atomic E-state index is 10.6. The highest BCUT2D eigenvalue weighted by molar-refractivity contribution is 5.63. The summed E-state index contributed by atoms with van der Waals surface area (Å²) in [5.41, 5.74) is 8.64. The highest BCUT2D eigenvalue weighted by atomic mass is 16.1. The van der Waals surface area contributed by atoms with E-state index >= 15 is 0 Å². The third-order valence-corrected chi connectivity index (χ3v) is 2.18. The lowest BCUT2D eigenvalue weighted by molar-refractivity contribution is -0.108. The zero-order chi connectivity index (χ0) is 9.84. The number of hydrogen-bond donors (Lipinski definition) is 1. The first-order chi connectivity index (χ1) is 6.17. The van der Waals surface area contributed by atoms with E-state index in [1.807, 2.05) is 25.1 Å². The molecular weight excluding hydrogens is 162 g/mol. The number of nitrogen functional groups attached to an aromatic ring is 1. The van der Waals surface area contributed by atoms with Crippen molar-refractivity contribution in [2.45, 2.75) is 26.2 Å². The Bertz CT molecular complexity index is 307. The average molecular weight is 177 g/mol. The minimum absolute atomic E-state index is 0.0613. The van der Waals surface area contributed by atoms with Crippen LogP contribution >= 0.6 is 0 Å². The van der Waals surface area contributed by atoms with E-state index in [0.29, 0.717) is 0 Å². The molecule has 0 aliphatic rings. The van der Waals surface area contributed by atoms with Gasteiger partial charge in [0.05, 0.1) is 0 Å². The Hall–Kier alpha value is -1.31. The summed E-state index contributed by atoms with van der Waals surface area (Å²) in [7, 11) is 0. The van der Waals surface area contributed by atoms with Crippen molar-refractivity contribution < 1.29 is 4.79 Å². The second-order valence-electron chi connectivity index (χ2n) is 3.29. The lowest BCUT2D eigenvalue weighted by atomic mass is 9.99. The van der Waals surface area contributed by atoms with Gasteiger partial charge in [-0.15, -0.1) is 0 Å². The predicted molar refractivity (Wildman–Crippen MR) is 54.7 cm³/mol. The molecule has 0 amide bonds. The number of nitrogens with two attached hydrogens (primary N) is 1. The van der Waals surface area contributed by atoms with Crippen LogP contribution in [0, 0.1) is 0 Å². The molecule has 1 atom stereocenters. The van der Waals surface area contributed by atoms with E-state index in [2.05, 4.69) is 6.92 Å². The van der Waals surface area contributed by atoms with Gasteiger partial charge >= 0.3 is 0 Å². The second kappa shape index (κ2) is 4.08. The van der Waals surface area contributed by atoms with Gasteiger partial charge in [0, 0.05) is 11.6 Å². The molecule has 0 radical (unpaired) electrons. The van der Waals surface area contributed by atoms with Crippen molar-refractivity contribution in [3.05, 3.63) is 29.3 Å². The molecule has 0 saturated heterocycles. The molecule has 0 heterocycles. The SMILES string of the molecule is CCc1cc(N)cc(C(C)C=O)c1. The third-order valence-electron chi connectivity index (χ3n) is 2.18. The van der Waals surface area contributed by atoms with Gasteiger partial charge in [-0.2, -0.15) is 0 Å². The van der Waals surface area contributed by atoms with Gasteiger partial charge in [0.15, 0.2) is 0 Å². The minimum Gasteiger partial charge on any atom is -0.399 e. The van der Waals surface area contributed by atoms with Crippen molar-refractivity contribution in [2.24, 2.45) is 0 Å². The summed E-state index contributed by atoms with van der Waals surface area (Å²) in [6, 6.07) is 5.84. The number of benzene rings is 1. The number of aryl methyl sites for hydroxylation is 1. The first kappa shape index (κ1) is 9.78. The van der Waals surface area contributed by atoms with Gasteiger partial charge in [-0.25, -0.2) is 0 Å². The van der Waals surface area contributed by atoms with Gasteiger partial charge in [-0.1, -0.05) is 19.9 Å². The largest absolute Gasteiger partial charge is 0.399 e. The van der Waals surface area contributed by atoms with Crippen molar-refractivity contribution in [3.8, 4) is 0 Å². The Morgan fingerprint density at radius 2 is 2.15 bits per heavy atom. The molecule has 1 aromatic rings. The number of anilines is 1. The van der Waals surface area contributed by atoms with Crippen LogP contribution in [0.15, 0.2) is 18.2 Å². The van der Waals surface area contributed by atoms with Gasteiger partial charge in [-0.05, 0) is 29.7 Å². The molecule has 2 N–H and O–H groups in total. The standard InChI is InChI=1S/C11H15NO/c1-3-9-4-10(8(2)7-13)6-11(12)5-9/h4-8H,3,12H2,1-2H3. The lowest BCUT2D eigenvalue weighted by Gasteiger charge is -2.07. The molecule has 0 aliphatic carbocycles. The van der Waals surface area contributed by atoms with E-state index in [1.165, 1.54) is 5.56 Å². The van der Waals surface area contributed by atoms with Crippen LogP contribution in [0.1, 0.15) is 30.9 Å². The number of aldehydes is 1. The molecule has 0 bridgehead atoms. The quantitative estimate of drug-likeness (QED) is 0.567. The normalized spacial score (nSPS) is 12.5. The summed E-state index contributed by atoms with van der Waals surface area (Å²) < 4.78 is 0. The van der Waals surface area contributed by atoms with E-state index in [9.17, 15) is 4.79 Å². The first-order valence-electron chi connectivity index (χ1n) is 4.52. The Kier molecular flexibility index (Phi) is 3.07. The molecule has 2 heteroatoms. The molecule has 13 heavy (non-hydrogen) atoms. The van der Waals surface area contributed by atoms with Crippen LogP contribution in [0.25, 0.3) is 0 Å². The molecule has 2 nitrogen and oxygen atoms in total. The number of carbonyl (C=O) groups is 1. The van der Waals surface area contributed by atoms with Gasteiger partial charge in [-0.3, -0.25) is 0 Å². The lowest BCUT2D eigenvalue weighted by Crippen LogP contribution is -1.98. The molecule has 0 aromatic heterocycles. The fraction of sp³-hybridized carbons (Fsp3) is 0.364. The van der Waals surface area contributed by atoms with E-state index in [0.717, 1.165) is 24.0 Å². The Morgan fingerprint density at radius 1 is 1.46 bits per heavy atom.